The third-order valence-corrected chi connectivity index (χ3v) is 5.79. The van der Waals surface area contributed by atoms with Crippen molar-refractivity contribution in [1.82, 2.24) is 10.2 Å². The molecule has 0 radical (unpaired) electrons. The van der Waals surface area contributed by atoms with Gasteiger partial charge in [-0.05, 0) is 54.1 Å². The summed E-state index contributed by atoms with van der Waals surface area (Å²) < 4.78 is 5.67. The Morgan fingerprint density at radius 2 is 1.64 bits per heavy atom. The maximum Gasteiger partial charge on any atom is 0.308 e. The molecule has 0 aliphatic carbocycles. The molecule has 0 saturated heterocycles. The molecule has 182 valence electrons. The Morgan fingerprint density at radius 3 is 2.36 bits per heavy atom. The fourth-order valence-electron chi connectivity index (χ4n) is 3.58. The number of fused-ring (bicyclic) bond motifs is 1. The third-order valence-electron chi connectivity index (χ3n) is 5.29. The number of hydrogen-bond acceptors (Lipinski definition) is 6. The fraction of sp³-hybridized carbons (Fsp3) is 0.115. The minimum absolute atomic E-state index is 0.173. The van der Waals surface area contributed by atoms with Gasteiger partial charge < -0.3 is 15.4 Å². The summed E-state index contributed by atoms with van der Waals surface area (Å²) in [5.74, 6) is -2.07. The fourth-order valence-corrected chi connectivity index (χ4v) is 3.94. The Balaban J connectivity index is 1.30. The maximum atomic E-state index is 12.5. The first-order chi connectivity index (χ1) is 17.2. The van der Waals surface area contributed by atoms with Gasteiger partial charge in [0.15, 0.2) is 0 Å². The smallest absolute Gasteiger partial charge is 0.308 e. The summed E-state index contributed by atoms with van der Waals surface area (Å²) in [5, 5.41) is 5.44. The molecule has 0 spiro atoms. The van der Waals surface area contributed by atoms with Gasteiger partial charge in [0.1, 0.15) is 12.3 Å². The quantitative estimate of drug-likeness (QED) is 0.264. The van der Waals surface area contributed by atoms with Gasteiger partial charge in [-0.15, -0.1) is 0 Å². The number of carbonyl (C=O) groups is 5. The van der Waals surface area contributed by atoms with E-state index in [9.17, 15) is 24.0 Å². The lowest BCUT2D eigenvalue weighted by Gasteiger charge is -2.14. The number of ether oxygens (including phenoxy) is 1. The van der Waals surface area contributed by atoms with Crippen molar-refractivity contribution in [2.45, 2.75) is 13.5 Å². The van der Waals surface area contributed by atoms with E-state index in [0.717, 1.165) is 10.5 Å². The number of esters is 1. The van der Waals surface area contributed by atoms with Gasteiger partial charge in [0.2, 0.25) is 5.91 Å². The third kappa shape index (κ3) is 5.66. The normalized spacial score (nSPS) is 12.2. The lowest BCUT2D eigenvalue weighted by Crippen LogP contribution is -2.40. The van der Waals surface area contributed by atoms with Crippen LogP contribution in [0.5, 0.6) is 5.75 Å². The van der Waals surface area contributed by atoms with Crippen LogP contribution in [0.2, 0.25) is 0 Å². The second kappa shape index (κ2) is 10.5. The molecular formula is C26H20BrN3O6. The molecule has 0 fully saturated rings. The van der Waals surface area contributed by atoms with E-state index in [2.05, 4.69) is 26.6 Å². The minimum atomic E-state index is -0.509. The summed E-state index contributed by atoms with van der Waals surface area (Å²) >= 11 is 3.27. The zero-order valence-corrected chi connectivity index (χ0v) is 20.6. The van der Waals surface area contributed by atoms with Crippen molar-refractivity contribution < 1.29 is 28.7 Å². The average molecular weight is 550 g/mol. The number of hydrogen-bond donors (Lipinski definition) is 2. The highest BCUT2D eigenvalue weighted by molar-refractivity contribution is 9.10. The topological polar surface area (TPSA) is 122 Å². The van der Waals surface area contributed by atoms with Gasteiger partial charge in [-0.3, -0.25) is 28.9 Å². The van der Waals surface area contributed by atoms with E-state index in [4.69, 9.17) is 4.74 Å². The summed E-state index contributed by atoms with van der Waals surface area (Å²) in [5.41, 5.74) is 2.14. The van der Waals surface area contributed by atoms with Crippen LogP contribution >= 0.6 is 15.9 Å². The Labute approximate surface area is 214 Å². The zero-order valence-electron chi connectivity index (χ0n) is 19.0. The van der Waals surface area contributed by atoms with Crippen LogP contribution in [-0.4, -0.2) is 41.0 Å². The SMILES string of the molecule is CC(=O)Oc1cccc(C(=O)Nc2ccc(CNC(=O)CN3C(=O)c4ccc(Br)cc4C3=O)cc2)c1. The number of nitrogens with one attached hydrogen (secondary N) is 2. The van der Waals surface area contributed by atoms with Gasteiger partial charge in [0, 0.05) is 29.2 Å². The van der Waals surface area contributed by atoms with Gasteiger partial charge in [0.25, 0.3) is 17.7 Å². The number of rotatable bonds is 7. The van der Waals surface area contributed by atoms with E-state index in [1.165, 1.54) is 13.0 Å². The van der Waals surface area contributed by atoms with E-state index in [0.29, 0.717) is 15.7 Å². The van der Waals surface area contributed by atoms with Gasteiger partial charge in [-0.2, -0.15) is 0 Å². The highest BCUT2D eigenvalue weighted by atomic mass is 79.9. The Hall–Kier alpha value is -4.31. The van der Waals surface area contributed by atoms with Crippen molar-refractivity contribution in [1.29, 1.82) is 0 Å². The molecule has 36 heavy (non-hydrogen) atoms. The maximum absolute atomic E-state index is 12.5. The molecule has 10 heteroatoms. The molecule has 0 unspecified atom stereocenters. The van der Waals surface area contributed by atoms with E-state index in [1.54, 1.807) is 60.7 Å². The van der Waals surface area contributed by atoms with Crippen molar-refractivity contribution in [3.05, 3.63) is 93.5 Å². The number of halogens is 1. The monoisotopic (exact) mass is 549 g/mol. The lowest BCUT2D eigenvalue weighted by molar-refractivity contribution is -0.131. The number of imide groups is 1. The molecule has 1 aliphatic rings. The van der Waals surface area contributed by atoms with E-state index >= 15 is 0 Å². The molecule has 0 saturated carbocycles. The molecule has 1 aliphatic heterocycles. The minimum Gasteiger partial charge on any atom is -0.427 e. The van der Waals surface area contributed by atoms with Crippen molar-refractivity contribution in [3.8, 4) is 5.75 Å². The molecule has 0 aromatic heterocycles. The highest BCUT2D eigenvalue weighted by Crippen LogP contribution is 2.25. The summed E-state index contributed by atoms with van der Waals surface area (Å²) in [4.78, 5) is 61.9. The van der Waals surface area contributed by atoms with Crippen LogP contribution in [0.1, 0.15) is 43.6 Å². The molecule has 4 amide bonds. The van der Waals surface area contributed by atoms with Crippen molar-refractivity contribution in [3.63, 3.8) is 0 Å². The van der Waals surface area contributed by atoms with Crippen molar-refractivity contribution in [2.24, 2.45) is 0 Å². The highest BCUT2D eigenvalue weighted by Gasteiger charge is 2.36. The number of carbonyl (C=O) groups excluding carboxylic acids is 5. The first-order valence-corrected chi connectivity index (χ1v) is 11.6. The lowest BCUT2D eigenvalue weighted by atomic mass is 10.1. The number of benzene rings is 3. The van der Waals surface area contributed by atoms with Crippen LogP contribution in [0.15, 0.2) is 71.2 Å². The molecular weight excluding hydrogens is 530 g/mol. The summed E-state index contributed by atoms with van der Waals surface area (Å²) in [6.45, 7) is 1.07. The number of nitrogens with zero attached hydrogens (tertiary/aromatic N) is 1. The first kappa shape index (κ1) is 24.8. The Kier molecular flexibility index (Phi) is 7.25. The molecule has 0 bridgehead atoms. The Bertz CT molecular complexity index is 1390. The van der Waals surface area contributed by atoms with Crippen LogP contribution in [0.3, 0.4) is 0 Å². The molecule has 1 heterocycles. The van der Waals surface area contributed by atoms with Crippen LogP contribution in [-0.2, 0) is 16.1 Å². The second-order valence-electron chi connectivity index (χ2n) is 7.94. The molecule has 4 rings (SSSR count). The summed E-state index contributed by atoms with van der Waals surface area (Å²) in [6.07, 6.45) is 0. The Morgan fingerprint density at radius 1 is 0.917 bits per heavy atom. The predicted octanol–water partition coefficient (Wildman–Crippen LogP) is 3.54. The van der Waals surface area contributed by atoms with E-state index in [1.807, 2.05) is 0 Å². The predicted molar refractivity (Wildman–Crippen MR) is 134 cm³/mol. The van der Waals surface area contributed by atoms with Crippen LogP contribution in [0.25, 0.3) is 0 Å². The molecule has 0 atom stereocenters. The van der Waals surface area contributed by atoms with E-state index in [-0.39, 0.29) is 35.9 Å². The van der Waals surface area contributed by atoms with Crippen LogP contribution < -0.4 is 15.4 Å². The zero-order chi connectivity index (χ0) is 25.8. The number of anilines is 1. The van der Waals surface area contributed by atoms with E-state index < -0.39 is 23.7 Å². The molecule has 3 aromatic carbocycles. The van der Waals surface area contributed by atoms with Crippen molar-refractivity contribution >= 4 is 51.2 Å². The standard InChI is InChI=1S/C26H20BrN3O6/c1-15(31)36-20-4-2-3-17(11-20)24(33)29-19-8-5-16(6-9-19)13-28-23(32)14-30-25(34)21-10-7-18(27)12-22(21)26(30)35/h2-12H,13-14H2,1H3,(H,28,32)(H,29,33). The van der Waals surface area contributed by atoms with Gasteiger partial charge >= 0.3 is 5.97 Å². The van der Waals surface area contributed by atoms with Gasteiger partial charge in [-0.25, -0.2) is 0 Å². The molecule has 9 nitrogen and oxygen atoms in total. The largest absolute Gasteiger partial charge is 0.427 e. The van der Waals surface area contributed by atoms with Gasteiger partial charge in [0.05, 0.1) is 11.1 Å². The van der Waals surface area contributed by atoms with Crippen LogP contribution in [0, 0.1) is 0 Å². The molecule has 3 aromatic rings. The summed E-state index contributed by atoms with van der Waals surface area (Å²) in [6, 6.07) is 17.8. The van der Waals surface area contributed by atoms with Gasteiger partial charge in [-0.1, -0.05) is 34.1 Å². The second-order valence-corrected chi connectivity index (χ2v) is 8.85. The average Bonchev–Trinajstić information content (AvgIpc) is 3.07. The molecule has 2 N–H and O–H groups in total. The first-order valence-electron chi connectivity index (χ1n) is 10.8. The van der Waals surface area contributed by atoms with Crippen LogP contribution in [0.4, 0.5) is 5.69 Å². The summed E-state index contributed by atoms with van der Waals surface area (Å²) in [7, 11) is 0. The van der Waals surface area contributed by atoms with Crippen molar-refractivity contribution in [2.75, 3.05) is 11.9 Å². The number of amides is 4.